The van der Waals surface area contributed by atoms with Gasteiger partial charge in [0, 0.05) is 12.6 Å². The van der Waals surface area contributed by atoms with Crippen LogP contribution in [-0.4, -0.2) is 40.3 Å². The molecule has 3 atom stereocenters. The first-order valence-electron chi connectivity index (χ1n) is 12.3. The quantitative estimate of drug-likeness (QED) is 0.357. The summed E-state index contributed by atoms with van der Waals surface area (Å²) in [5, 5.41) is 0. The smallest absolute Gasteiger partial charge is 0.338 e. The molecule has 5 rings (SSSR count). The number of aromatic nitrogens is 2. The average molecular weight is 531 g/mol. The van der Waals surface area contributed by atoms with Gasteiger partial charge in [0.15, 0.2) is 0 Å². The van der Waals surface area contributed by atoms with E-state index in [-0.39, 0.29) is 24.4 Å². The number of aromatic amines is 1. The largest absolute Gasteiger partial charge is 0.464 e. The third kappa shape index (κ3) is 5.75. The number of ether oxygens (including phenoxy) is 3. The minimum atomic E-state index is -0.915. The standard InChI is InChI=1S/C29H26N2O8/c1-17-5-9-19(10-6-17)27(33)37-16-24-23(39-28(34)20-11-7-18(2)8-12-20)14-25(38-24)31-15-21(22-4-3-13-36-22)26(32)30-29(31)35/h3-13,15,23-25H,14,16H2,1-2H3,(H,30,32,35)/t23-,24+,25-/m0/s1. The van der Waals surface area contributed by atoms with Gasteiger partial charge in [0.05, 0.1) is 23.0 Å². The fourth-order valence-corrected chi connectivity index (χ4v) is 4.28. The van der Waals surface area contributed by atoms with Crippen molar-refractivity contribution in [1.29, 1.82) is 0 Å². The Morgan fingerprint density at radius 1 is 0.949 bits per heavy atom. The predicted molar refractivity (Wildman–Crippen MR) is 139 cm³/mol. The van der Waals surface area contributed by atoms with Crippen molar-refractivity contribution in [2.75, 3.05) is 6.61 Å². The van der Waals surface area contributed by atoms with E-state index in [1.165, 1.54) is 17.0 Å². The van der Waals surface area contributed by atoms with Crippen LogP contribution in [0.15, 0.2) is 87.1 Å². The zero-order valence-electron chi connectivity index (χ0n) is 21.3. The summed E-state index contributed by atoms with van der Waals surface area (Å²) in [6.07, 6.45) is 0.195. The van der Waals surface area contributed by atoms with Crippen LogP contribution in [0.1, 0.15) is 44.5 Å². The molecule has 1 saturated heterocycles. The van der Waals surface area contributed by atoms with E-state index in [0.717, 1.165) is 11.1 Å². The van der Waals surface area contributed by atoms with E-state index in [0.29, 0.717) is 11.1 Å². The summed E-state index contributed by atoms with van der Waals surface area (Å²) in [5.74, 6) is -0.870. The van der Waals surface area contributed by atoms with Gasteiger partial charge in [-0.15, -0.1) is 0 Å². The average Bonchev–Trinajstić information content (AvgIpc) is 3.59. The molecule has 0 unspecified atom stereocenters. The van der Waals surface area contributed by atoms with Crippen LogP contribution in [0.4, 0.5) is 0 Å². The molecule has 3 heterocycles. The Morgan fingerprint density at radius 3 is 2.21 bits per heavy atom. The lowest BCUT2D eigenvalue weighted by Crippen LogP contribution is -2.33. The SMILES string of the molecule is Cc1ccc(C(=O)OC[C@H]2O[C@H](n3cc(-c4ccco4)c(=O)[nH]c3=O)C[C@@H]2OC(=O)c2ccc(C)cc2)cc1. The molecule has 1 fully saturated rings. The predicted octanol–water partition coefficient (Wildman–Crippen LogP) is 3.78. The Bertz CT molecular complexity index is 1580. The van der Waals surface area contributed by atoms with Crippen molar-refractivity contribution in [1.82, 2.24) is 9.55 Å². The third-order valence-corrected chi connectivity index (χ3v) is 6.46. The number of esters is 2. The van der Waals surface area contributed by atoms with Gasteiger partial charge < -0.3 is 18.6 Å². The molecule has 2 aromatic carbocycles. The van der Waals surface area contributed by atoms with Gasteiger partial charge in [-0.2, -0.15) is 0 Å². The maximum atomic E-state index is 12.9. The van der Waals surface area contributed by atoms with E-state index < -0.39 is 41.6 Å². The van der Waals surface area contributed by atoms with E-state index in [1.54, 1.807) is 60.7 Å². The lowest BCUT2D eigenvalue weighted by Gasteiger charge is -2.19. The van der Waals surface area contributed by atoms with Crippen LogP contribution in [0.3, 0.4) is 0 Å². The molecular weight excluding hydrogens is 504 g/mol. The lowest BCUT2D eigenvalue weighted by molar-refractivity contribution is -0.0582. The molecule has 0 aliphatic carbocycles. The molecule has 10 nitrogen and oxygen atoms in total. The van der Waals surface area contributed by atoms with Gasteiger partial charge in [0.1, 0.15) is 30.8 Å². The minimum absolute atomic E-state index is 0.0773. The number of hydrogen-bond donors (Lipinski definition) is 1. The topological polar surface area (TPSA) is 130 Å². The zero-order chi connectivity index (χ0) is 27.5. The summed E-state index contributed by atoms with van der Waals surface area (Å²) >= 11 is 0. The molecule has 4 aromatic rings. The zero-order valence-corrected chi connectivity index (χ0v) is 21.3. The monoisotopic (exact) mass is 530 g/mol. The second kappa shape index (κ2) is 11.0. The maximum absolute atomic E-state index is 12.9. The molecule has 2 aromatic heterocycles. The van der Waals surface area contributed by atoms with Crippen molar-refractivity contribution >= 4 is 11.9 Å². The first-order chi connectivity index (χ1) is 18.8. The van der Waals surface area contributed by atoms with Crippen LogP contribution in [0, 0.1) is 13.8 Å². The summed E-state index contributed by atoms with van der Waals surface area (Å²) in [5.41, 5.74) is 1.50. The van der Waals surface area contributed by atoms with Crippen molar-refractivity contribution in [3.05, 3.63) is 116 Å². The van der Waals surface area contributed by atoms with Crippen LogP contribution in [0.5, 0.6) is 0 Å². The minimum Gasteiger partial charge on any atom is -0.464 e. The number of aryl methyl sites for hydroxylation is 2. The van der Waals surface area contributed by atoms with Crippen molar-refractivity contribution < 1.29 is 28.2 Å². The highest BCUT2D eigenvalue weighted by Gasteiger charge is 2.40. The fourth-order valence-electron chi connectivity index (χ4n) is 4.28. The van der Waals surface area contributed by atoms with Gasteiger partial charge in [-0.3, -0.25) is 14.3 Å². The van der Waals surface area contributed by atoms with E-state index in [9.17, 15) is 19.2 Å². The number of nitrogens with one attached hydrogen (secondary N) is 1. The summed E-state index contributed by atoms with van der Waals surface area (Å²) in [7, 11) is 0. The second-order valence-electron chi connectivity index (χ2n) is 9.33. The number of benzene rings is 2. The Hall–Kier alpha value is -4.70. The highest BCUT2D eigenvalue weighted by Crippen LogP contribution is 2.31. The summed E-state index contributed by atoms with van der Waals surface area (Å²) in [6.45, 7) is 3.59. The number of hydrogen-bond acceptors (Lipinski definition) is 8. The van der Waals surface area contributed by atoms with Crippen LogP contribution in [0.25, 0.3) is 11.3 Å². The summed E-state index contributed by atoms with van der Waals surface area (Å²) < 4.78 is 23.8. The Balaban J connectivity index is 1.39. The Morgan fingerprint density at radius 2 is 1.59 bits per heavy atom. The van der Waals surface area contributed by atoms with E-state index in [4.69, 9.17) is 18.6 Å². The molecule has 10 heteroatoms. The van der Waals surface area contributed by atoms with Gasteiger partial charge in [-0.1, -0.05) is 35.4 Å². The van der Waals surface area contributed by atoms with Gasteiger partial charge in [0.25, 0.3) is 5.56 Å². The van der Waals surface area contributed by atoms with Gasteiger partial charge in [-0.25, -0.2) is 14.4 Å². The number of nitrogens with zero attached hydrogens (tertiary/aromatic N) is 1. The molecule has 1 N–H and O–H groups in total. The molecule has 0 radical (unpaired) electrons. The molecule has 1 aliphatic rings. The summed E-state index contributed by atoms with van der Waals surface area (Å²) in [6, 6.07) is 17.0. The number of rotatable bonds is 7. The molecule has 0 spiro atoms. The second-order valence-corrected chi connectivity index (χ2v) is 9.33. The number of carbonyl (C=O) groups excluding carboxylic acids is 2. The highest BCUT2D eigenvalue weighted by molar-refractivity contribution is 5.90. The van der Waals surface area contributed by atoms with Gasteiger partial charge in [0.2, 0.25) is 0 Å². The Kier molecular flexibility index (Phi) is 7.29. The molecule has 39 heavy (non-hydrogen) atoms. The lowest BCUT2D eigenvalue weighted by atomic mass is 10.1. The van der Waals surface area contributed by atoms with Gasteiger partial charge >= 0.3 is 17.6 Å². The number of carbonyl (C=O) groups is 2. The van der Waals surface area contributed by atoms with Crippen molar-refractivity contribution in [2.24, 2.45) is 0 Å². The molecule has 0 bridgehead atoms. The first kappa shape index (κ1) is 25.9. The summed E-state index contributed by atoms with van der Waals surface area (Å²) in [4.78, 5) is 52.9. The van der Waals surface area contributed by atoms with E-state index in [2.05, 4.69) is 4.98 Å². The van der Waals surface area contributed by atoms with E-state index >= 15 is 0 Å². The first-order valence-corrected chi connectivity index (χ1v) is 12.3. The van der Waals surface area contributed by atoms with Crippen LogP contribution >= 0.6 is 0 Å². The Labute approximate surface area is 222 Å². The van der Waals surface area contributed by atoms with Crippen LogP contribution in [0.2, 0.25) is 0 Å². The normalized spacial score (nSPS) is 18.6. The van der Waals surface area contributed by atoms with Crippen molar-refractivity contribution in [3.8, 4) is 11.3 Å². The number of furan rings is 1. The van der Waals surface area contributed by atoms with Crippen molar-refractivity contribution in [2.45, 2.75) is 38.7 Å². The van der Waals surface area contributed by atoms with Gasteiger partial charge in [-0.05, 0) is 50.2 Å². The molecule has 200 valence electrons. The van der Waals surface area contributed by atoms with E-state index in [1.807, 2.05) is 13.8 Å². The highest BCUT2D eigenvalue weighted by atomic mass is 16.6. The van der Waals surface area contributed by atoms with Crippen molar-refractivity contribution in [3.63, 3.8) is 0 Å². The molecule has 1 aliphatic heterocycles. The molecule has 0 amide bonds. The molecular formula is C29H26N2O8. The fraction of sp³-hybridized carbons (Fsp3) is 0.241. The third-order valence-electron chi connectivity index (χ3n) is 6.46. The number of H-pyrrole nitrogens is 1. The maximum Gasteiger partial charge on any atom is 0.338 e. The molecule has 0 saturated carbocycles. The van der Waals surface area contributed by atoms with Crippen LogP contribution in [-0.2, 0) is 14.2 Å². The van der Waals surface area contributed by atoms with Crippen LogP contribution < -0.4 is 11.2 Å².